The van der Waals surface area contributed by atoms with Gasteiger partial charge in [-0.1, -0.05) is 11.6 Å². The molecule has 0 radical (unpaired) electrons. The Morgan fingerprint density at radius 3 is 2.75 bits per heavy atom. The van der Waals surface area contributed by atoms with Gasteiger partial charge in [-0.15, -0.1) is 0 Å². The Morgan fingerprint density at radius 1 is 1.03 bits per heavy atom. The molecule has 0 unspecified atom stereocenters. The van der Waals surface area contributed by atoms with E-state index in [0.717, 1.165) is 12.8 Å². The molecule has 5 aliphatic heterocycles. The summed E-state index contributed by atoms with van der Waals surface area (Å²) in [5, 5.41) is 3.44. The summed E-state index contributed by atoms with van der Waals surface area (Å²) in [7, 11) is 0. The van der Waals surface area contributed by atoms with Gasteiger partial charge in [-0.2, -0.15) is 0 Å². The number of benzene rings is 2. The average molecular weight is 452 g/mol. The van der Waals surface area contributed by atoms with Crippen LogP contribution in [0.3, 0.4) is 0 Å². The molecule has 5 aliphatic rings. The molecule has 32 heavy (non-hydrogen) atoms. The van der Waals surface area contributed by atoms with E-state index in [2.05, 4.69) is 10.2 Å². The zero-order valence-corrected chi connectivity index (χ0v) is 17.6. The first-order valence-electron chi connectivity index (χ1n) is 10.7. The van der Waals surface area contributed by atoms with Crippen molar-refractivity contribution >= 4 is 40.7 Å². The number of fused-ring (bicyclic) bond motifs is 8. The van der Waals surface area contributed by atoms with E-state index in [1.165, 1.54) is 4.90 Å². The molecule has 1 spiro atoms. The predicted octanol–water partition coefficient (Wildman–Crippen LogP) is 2.50. The number of carbonyl (C=O) groups excluding carboxylic acids is 3. The highest BCUT2D eigenvalue weighted by molar-refractivity contribution is 6.31. The van der Waals surface area contributed by atoms with Crippen LogP contribution in [0.1, 0.15) is 18.4 Å². The highest BCUT2D eigenvalue weighted by atomic mass is 35.5. The van der Waals surface area contributed by atoms with E-state index in [4.69, 9.17) is 21.1 Å². The van der Waals surface area contributed by atoms with E-state index in [0.29, 0.717) is 40.0 Å². The molecule has 1 N–H and O–H groups in total. The Kier molecular flexibility index (Phi) is 3.48. The Bertz CT molecular complexity index is 1250. The standard InChI is InChI=1S/C23H18ClN3O5/c24-11-3-5-14-13(8-11)23(22(30)25-14)19-18(15-2-1-7-26(15)23)20(28)27(21(19)29)12-4-6-16-17(9-12)32-10-31-16/h3-6,8-9,15,18-19H,1-2,7,10H2,(H,25,30)/t15-,18+,19+,23-/m0/s1. The van der Waals surface area contributed by atoms with E-state index in [9.17, 15) is 14.4 Å². The molecule has 9 heteroatoms. The lowest BCUT2D eigenvalue weighted by molar-refractivity contribution is -0.135. The van der Waals surface area contributed by atoms with Crippen LogP contribution in [-0.4, -0.2) is 42.0 Å². The van der Waals surface area contributed by atoms with E-state index in [-0.39, 0.29) is 30.6 Å². The van der Waals surface area contributed by atoms with E-state index in [1.807, 2.05) is 0 Å². The third kappa shape index (κ3) is 2.00. The van der Waals surface area contributed by atoms with Gasteiger partial charge in [0, 0.05) is 28.4 Å². The molecule has 0 saturated carbocycles. The predicted molar refractivity (Wildman–Crippen MR) is 114 cm³/mol. The lowest BCUT2D eigenvalue weighted by atomic mass is 9.75. The van der Waals surface area contributed by atoms with Crippen molar-refractivity contribution in [1.82, 2.24) is 4.90 Å². The number of hydrogen-bond acceptors (Lipinski definition) is 6. The van der Waals surface area contributed by atoms with Crippen molar-refractivity contribution in [3.8, 4) is 11.5 Å². The van der Waals surface area contributed by atoms with Crippen LogP contribution in [0.2, 0.25) is 5.02 Å². The maximum absolute atomic E-state index is 13.9. The van der Waals surface area contributed by atoms with Gasteiger partial charge in [0.15, 0.2) is 11.5 Å². The fourth-order valence-electron chi connectivity index (χ4n) is 6.45. The van der Waals surface area contributed by atoms with Crippen LogP contribution in [-0.2, 0) is 19.9 Å². The number of anilines is 2. The van der Waals surface area contributed by atoms with Crippen LogP contribution in [0.25, 0.3) is 0 Å². The summed E-state index contributed by atoms with van der Waals surface area (Å²) in [6.07, 6.45) is 1.63. The summed E-state index contributed by atoms with van der Waals surface area (Å²) in [5.41, 5.74) is 0.530. The van der Waals surface area contributed by atoms with Crippen molar-refractivity contribution in [3.63, 3.8) is 0 Å². The summed E-state index contributed by atoms with van der Waals surface area (Å²) < 4.78 is 10.8. The second-order valence-electron chi connectivity index (χ2n) is 8.87. The molecule has 0 bridgehead atoms. The molecule has 2 aromatic carbocycles. The minimum absolute atomic E-state index is 0.101. The number of imide groups is 1. The summed E-state index contributed by atoms with van der Waals surface area (Å²) in [4.78, 5) is 44.5. The van der Waals surface area contributed by atoms with Crippen LogP contribution in [0.4, 0.5) is 11.4 Å². The lowest BCUT2D eigenvalue weighted by Crippen LogP contribution is -2.54. The van der Waals surface area contributed by atoms with Crippen molar-refractivity contribution in [1.29, 1.82) is 0 Å². The molecular weight excluding hydrogens is 434 g/mol. The third-order valence-corrected chi connectivity index (χ3v) is 7.80. The first-order valence-corrected chi connectivity index (χ1v) is 11.1. The summed E-state index contributed by atoms with van der Waals surface area (Å²) >= 11 is 6.32. The van der Waals surface area contributed by atoms with E-state index in [1.54, 1.807) is 36.4 Å². The topological polar surface area (TPSA) is 88.2 Å². The number of halogens is 1. The van der Waals surface area contributed by atoms with Crippen molar-refractivity contribution < 1.29 is 23.9 Å². The van der Waals surface area contributed by atoms with Crippen molar-refractivity contribution in [2.75, 3.05) is 23.6 Å². The molecule has 3 fully saturated rings. The number of ether oxygens (including phenoxy) is 2. The molecule has 0 aromatic heterocycles. The Hall–Kier alpha value is -3.10. The van der Waals surface area contributed by atoms with Crippen LogP contribution in [0.5, 0.6) is 11.5 Å². The first kappa shape index (κ1) is 18.5. The quantitative estimate of drug-likeness (QED) is 0.670. The Morgan fingerprint density at radius 2 is 1.88 bits per heavy atom. The summed E-state index contributed by atoms with van der Waals surface area (Å²) in [6.45, 7) is 0.755. The zero-order chi connectivity index (χ0) is 21.8. The monoisotopic (exact) mass is 451 g/mol. The van der Waals surface area contributed by atoms with Gasteiger partial charge in [-0.05, 0) is 49.7 Å². The average Bonchev–Trinajstić information content (AvgIpc) is 3.55. The minimum atomic E-state index is -1.23. The van der Waals surface area contributed by atoms with Gasteiger partial charge in [-0.3, -0.25) is 19.3 Å². The number of nitrogens with one attached hydrogen (secondary N) is 1. The maximum atomic E-state index is 13.9. The van der Waals surface area contributed by atoms with E-state index >= 15 is 0 Å². The highest BCUT2D eigenvalue weighted by Crippen LogP contribution is 2.61. The molecule has 3 saturated heterocycles. The largest absolute Gasteiger partial charge is 0.454 e. The molecule has 162 valence electrons. The van der Waals surface area contributed by atoms with Gasteiger partial charge >= 0.3 is 0 Å². The van der Waals surface area contributed by atoms with Gasteiger partial charge in [0.1, 0.15) is 5.54 Å². The summed E-state index contributed by atoms with van der Waals surface area (Å²) in [5.74, 6) is -1.23. The van der Waals surface area contributed by atoms with Crippen molar-refractivity contribution in [2.45, 2.75) is 24.4 Å². The van der Waals surface area contributed by atoms with Gasteiger partial charge in [0.2, 0.25) is 24.5 Å². The highest BCUT2D eigenvalue weighted by Gasteiger charge is 2.74. The number of amides is 3. The molecule has 8 nitrogen and oxygen atoms in total. The molecule has 2 aromatic rings. The normalized spacial score (nSPS) is 32.0. The second kappa shape index (κ2) is 6.02. The maximum Gasteiger partial charge on any atom is 0.250 e. The van der Waals surface area contributed by atoms with Gasteiger partial charge in [0.25, 0.3) is 0 Å². The van der Waals surface area contributed by atoms with Crippen LogP contribution in [0, 0.1) is 11.8 Å². The molecule has 0 aliphatic carbocycles. The number of carbonyl (C=O) groups is 3. The molecule has 3 amide bonds. The minimum Gasteiger partial charge on any atom is -0.454 e. The number of nitrogens with zero attached hydrogens (tertiary/aromatic N) is 2. The lowest BCUT2D eigenvalue weighted by Gasteiger charge is -2.36. The molecule has 7 rings (SSSR count). The van der Waals surface area contributed by atoms with E-state index < -0.39 is 17.4 Å². The summed E-state index contributed by atoms with van der Waals surface area (Å²) in [6, 6.07) is 10.1. The third-order valence-electron chi connectivity index (χ3n) is 7.57. The Labute approximate surface area is 188 Å². The zero-order valence-electron chi connectivity index (χ0n) is 16.8. The van der Waals surface area contributed by atoms with Gasteiger partial charge in [-0.25, -0.2) is 4.90 Å². The van der Waals surface area contributed by atoms with Gasteiger partial charge < -0.3 is 14.8 Å². The van der Waals surface area contributed by atoms with Crippen molar-refractivity contribution in [3.05, 3.63) is 47.0 Å². The van der Waals surface area contributed by atoms with Crippen molar-refractivity contribution in [2.24, 2.45) is 11.8 Å². The smallest absolute Gasteiger partial charge is 0.250 e. The first-order chi connectivity index (χ1) is 15.5. The fraction of sp³-hybridized carbons (Fsp3) is 0.348. The van der Waals surface area contributed by atoms with Gasteiger partial charge in [0.05, 0.1) is 17.5 Å². The Balaban J connectivity index is 1.41. The number of hydrogen-bond donors (Lipinski definition) is 1. The fourth-order valence-corrected chi connectivity index (χ4v) is 6.63. The molecule has 4 atom stereocenters. The number of rotatable bonds is 1. The molecule has 5 heterocycles. The van der Waals surface area contributed by atoms with Crippen LogP contribution in [0.15, 0.2) is 36.4 Å². The SMILES string of the molecule is O=C1[C@@H]2[C@@H]3CCCN3[C@]3(C(=O)Nc4ccc(Cl)cc43)[C@H]2C(=O)N1c1ccc2c(c1)OCO2. The van der Waals surface area contributed by atoms with Crippen LogP contribution >= 0.6 is 11.6 Å². The van der Waals surface area contributed by atoms with Crippen LogP contribution < -0.4 is 19.7 Å². The second-order valence-corrected chi connectivity index (χ2v) is 9.30. The molecular formula is C23H18ClN3O5.